The molecule has 0 heterocycles. The van der Waals surface area contributed by atoms with Gasteiger partial charge in [0.2, 0.25) is 0 Å². The van der Waals surface area contributed by atoms with Gasteiger partial charge in [0, 0.05) is 6.42 Å². The molecule has 216 valence electrons. The summed E-state index contributed by atoms with van der Waals surface area (Å²) < 4.78 is 11.0. The Balaban J connectivity index is 2.54. The molecule has 1 aromatic carbocycles. The lowest BCUT2D eigenvalue weighted by molar-refractivity contribution is -0.155. The lowest BCUT2D eigenvalue weighted by Gasteiger charge is -2.24. The van der Waals surface area contributed by atoms with Gasteiger partial charge in [-0.2, -0.15) is 0 Å². The van der Waals surface area contributed by atoms with E-state index in [4.69, 9.17) is 9.47 Å². The van der Waals surface area contributed by atoms with Gasteiger partial charge in [0.15, 0.2) is 0 Å². The van der Waals surface area contributed by atoms with E-state index in [9.17, 15) is 19.5 Å². The van der Waals surface area contributed by atoms with Gasteiger partial charge in [-0.05, 0) is 45.1 Å². The monoisotopic (exact) mass is 533 g/mol. The van der Waals surface area contributed by atoms with Gasteiger partial charge in [0.05, 0.1) is 6.42 Å². The van der Waals surface area contributed by atoms with Gasteiger partial charge >= 0.3 is 18.0 Å². The number of carboxylic acid groups (broad SMARTS) is 1. The normalized spacial score (nSPS) is 13.1. The molecule has 0 aliphatic rings. The molecule has 7 nitrogen and oxygen atoms in total. The van der Waals surface area contributed by atoms with Gasteiger partial charge < -0.3 is 19.9 Å². The molecule has 1 rings (SSSR count). The van der Waals surface area contributed by atoms with E-state index < -0.39 is 35.8 Å². The Morgan fingerprint density at radius 1 is 0.842 bits per heavy atom. The van der Waals surface area contributed by atoms with Crippen molar-refractivity contribution in [2.75, 3.05) is 0 Å². The molecule has 1 aromatic rings. The van der Waals surface area contributed by atoms with Crippen LogP contribution in [0.25, 0.3) is 0 Å². The smallest absolute Gasteiger partial charge is 0.408 e. The minimum absolute atomic E-state index is 0.218. The van der Waals surface area contributed by atoms with Gasteiger partial charge in [-0.1, -0.05) is 102 Å². The summed E-state index contributed by atoms with van der Waals surface area (Å²) in [6.07, 6.45) is 10.8. The maximum absolute atomic E-state index is 13.1. The van der Waals surface area contributed by atoms with Crippen molar-refractivity contribution in [3.05, 3.63) is 35.9 Å². The van der Waals surface area contributed by atoms with E-state index in [0.29, 0.717) is 6.42 Å². The molecule has 2 N–H and O–H groups in total. The number of carbonyl (C=O) groups is 3. The van der Waals surface area contributed by atoms with E-state index >= 15 is 0 Å². The summed E-state index contributed by atoms with van der Waals surface area (Å²) in [7, 11) is 0. The van der Waals surface area contributed by atoms with Crippen LogP contribution in [0.4, 0.5) is 4.79 Å². The highest BCUT2D eigenvalue weighted by molar-refractivity contribution is 5.82. The van der Waals surface area contributed by atoms with E-state index in [2.05, 4.69) is 19.2 Å². The summed E-state index contributed by atoms with van der Waals surface area (Å²) in [5.74, 6) is -0.876. The number of aliphatic carboxylic acids is 1. The highest BCUT2D eigenvalue weighted by Crippen LogP contribution is 2.17. The first-order valence-corrected chi connectivity index (χ1v) is 14.4. The first-order valence-electron chi connectivity index (χ1n) is 14.4. The first kappa shape index (κ1) is 33.5. The van der Waals surface area contributed by atoms with Crippen LogP contribution in [0.15, 0.2) is 30.3 Å². The van der Waals surface area contributed by atoms with Crippen LogP contribution in [0.2, 0.25) is 0 Å². The summed E-state index contributed by atoms with van der Waals surface area (Å²) in [6.45, 7) is 9.77. The summed E-state index contributed by atoms with van der Waals surface area (Å²) >= 11 is 0. The summed E-state index contributed by atoms with van der Waals surface area (Å²) in [5, 5.41) is 12.0. The standard InChI is InChI=1S/C31H51NO6/c1-24(2)18-14-11-9-7-6-8-10-12-17-21-26(23-28(33)34)37-29(35)27(22-25-19-15-13-16-20-25)32-30(36)38-31(3,4)5/h13,15-16,19-20,24,26-27H,6-12,14,17-18,21-23H2,1-5H3,(H,32,36)(H,33,34)/t26?,27-/m0/s1. The molecule has 0 aliphatic carbocycles. The lowest BCUT2D eigenvalue weighted by Crippen LogP contribution is -2.46. The minimum Gasteiger partial charge on any atom is -0.481 e. The number of ether oxygens (including phenoxy) is 2. The molecule has 0 saturated carbocycles. The maximum atomic E-state index is 13.1. The second kappa shape index (κ2) is 18.6. The number of rotatable bonds is 19. The third-order valence-corrected chi connectivity index (χ3v) is 6.25. The van der Waals surface area contributed by atoms with Crippen molar-refractivity contribution in [3.8, 4) is 0 Å². The number of amides is 1. The molecule has 1 amide bonds. The summed E-state index contributed by atoms with van der Waals surface area (Å²) in [4.78, 5) is 36.9. The van der Waals surface area contributed by atoms with Crippen molar-refractivity contribution >= 4 is 18.0 Å². The van der Waals surface area contributed by atoms with Crippen LogP contribution in [0.3, 0.4) is 0 Å². The second-order valence-corrected chi connectivity index (χ2v) is 11.7. The Bertz CT molecular complexity index is 802. The first-order chi connectivity index (χ1) is 18.0. The van der Waals surface area contributed by atoms with E-state index in [1.165, 1.54) is 44.9 Å². The maximum Gasteiger partial charge on any atom is 0.408 e. The zero-order valence-electron chi connectivity index (χ0n) is 24.3. The topological polar surface area (TPSA) is 102 Å². The SMILES string of the molecule is CC(C)CCCCCCCCCCCC(CC(=O)O)OC(=O)[C@H](Cc1ccccc1)NC(=O)OC(C)(C)C. The van der Waals surface area contributed by atoms with Crippen molar-refractivity contribution in [3.63, 3.8) is 0 Å². The average molecular weight is 534 g/mol. The van der Waals surface area contributed by atoms with Crippen LogP contribution in [-0.2, 0) is 25.5 Å². The van der Waals surface area contributed by atoms with Crippen molar-refractivity contribution in [1.82, 2.24) is 5.32 Å². The number of benzene rings is 1. The van der Waals surface area contributed by atoms with Gasteiger partial charge in [-0.3, -0.25) is 4.79 Å². The highest BCUT2D eigenvalue weighted by atomic mass is 16.6. The number of nitrogens with one attached hydrogen (secondary N) is 1. The molecule has 0 aromatic heterocycles. The van der Waals surface area contributed by atoms with Crippen LogP contribution in [0.1, 0.15) is 117 Å². The van der Waals surface area contributed by atoms with Crippen molar-refractivity contribution in [1.29, 1.82) is 0 Å². The quantitative estimate of drug-likeness (QED) is 0.141. The average Bonchev–Trinajstić information content (AvgIpc) is 2.80. The number of alkyl carbamates (subject to hydrolysis) is 1. The number of hydrogen-bond acceptors (Lipinski definition) is 5. The third kappa shape index (κ3) is 17.8. The molecular formula is C31H51NO6. The summed E-state index contributed by atoms with van der Waals surface area (Å²) in [5.41, 5.74) is 0.130. The zero-order chi connectivity index (χ0) is 28.4. The highest BCUT2D eigenvalue weighted by Gasteiger charge is 2.28. The Hall–Kier alpha value is -2.57. The molecule has 2 atom stereocenters. The van der Waals surface area contributed by atoms with Crippen LogP contribution >= 0.6 is 0 Å². The molecule has 0 fully saturated rings. The fourth-order valence-corrected chi connectivity index (χ4v) is 4.30. The lowest BCUT2D eigenvalue weighted by atomic mass is 10.0. The van der Waals surface area contributed by atoms with Crippen LogP contribution in [-0.4, -0.2) is 40.9 Å². The summed E-state index contributed by atoms with van der Waals surface area (Å²) in [6, 6.07) is 8.31. The van der Waals surface area contributed by atoms with Crippen LogP contribution in [0.5, 0.6) is 0 Å². The second-order valence-electron chi connectivity index (χ2n) is 11.7. The molecule has 1 unspecified atom stereocenters. The van der Waals surface area contributed by atoms with Crippen molar-refractivity contribution in [2.45, 2.75) is 136 Å². The van der Waals surface area contributed by atoms with Gasteiger partial charge in [-0.15, -0.1) is 0 Å². The molecule has 0 spiro atoms. The Kier molecular flexibility index (Phi) is 16.4. The van der Waals surface area contributed by atoms with Crippen LogP contribution < -0.4 is 5.32 Å². The van der Waals surface area contributed by atoms with Crippen molar-refractivity contribution in [2.24, 2.45) is 5.92 Å². The van der Waals surface area contributed by atoms with E-state index in [0.717, 1.165) is 30.7 Å². The predicted molar refractivity (Wildman–Crippen MR) is 151 cm³/mol. The largest absolute Gasteiger partial charge is 0.481 e. The van der Waals surface area contributed by atoms with E-state index in [1.807, 2.05) is 30.3 Å². The number of esters is 1. The fourth-order valence-electron chi connectivity index (χ4n) is 4.30. The molecule has 0 saturated heterocycles. The number of carbonyl (C=O) groups excluding carboxylic acids is 2. The number of carboxylic acids is 1. The van der Waals surface area contributed by atoms with Crippen LogP contribution in [0, 0.1) is 5.92 Å². The van der Waals surface area contributed by atoms with Crippen molar-refractivity contribution < 1.29 is 29.0 Å². The zero-order valence-corrected chi connectivity index (χ0v) is 24.3. The minimum atomic E-state index is -1.01. The fraction of sp³-hybridized carbons (Fsp3) is 0.710. The van der Waals surface area contributed by atoms with E-state index in [1.54, 1.807) is 20.8 Å². The Morgan fingerprint density at radius 2 is 1.37 bits per heavy atom. The number of hydrogen-bond donors (Lipinski definition) is 2. The molecule has 38 heavy (non-hydrogen) atoms. The van der Waals surface area contributed by atoms with Gasteiger partial charge in [-0.25, -0.2) is 9.59 Å². The Morgan fingerprint density at radius 3 is 1.87 bits per heavy atom. The molecule has 0 radical (unpaired) electrons. The Labute approximate surface area is 230 Å². The van der Waals surface area contributed by atoms with E-state index in [-0.39, 0.29) is 12.8 Å². The molecule has 0 aliphatic heterocycles. The predicted octanol–water partition coefficient (Wildman–Crippen LogP) is 7.46. The van der Waals surface area contributed by atoms with Gasteiger partial charge in [0.25, 0.3) is 0 Å². The number of unbranched alkanes of at least 4 members (excludes halogenated alkanes) is 8. The third-order valence-electron chi connectivity index (χ3n) is 6.25. The molecular weight excluding hydrogens is 482 g/mol. The molecule has 7 heteroatoms. The van der Waals surface area contributed by atoms with Gasteiger partial charge in [0.1, 0.15) is 17.7 Å². The molecule has 0 bridgehead atoms.